The van der Waals surface area contributed by atoms with E-state index in [9.17, 15) is 4.79 Å². The average molecular weight is 256 g/mol. The normalized spacial score (nSPS) is 11.6. The van der Waals surface area contributed by atoms with Crippen molar-refractivity contribution in [2.75, 3.05) is 0 Å². The minimum atomic E-state index is -0.0554. The van der Waals surface area contributed by atoms with Crippen LogP contribution in [0.5, 0.6) is 0 Å². The van der Waals surface area contributed by atoms with Crippen molar-refractivity contribution in [3.8, 4) is 0 Å². The highest BCUT2D eigenvalue weighted by molar-refractivity contribution is 6.07. The zero-order valence-corrected chi connectivity index (χ0v) is 12.0. The van der Waals surface area contributed by atoms with E-state index in [1.165, 1.54) is 5.56 Å². The van der Waals surface area contributed by atoms with Gasteiger partial charge in [-0.3, -0.25) is 4.79 Å². The molecule has 0 saturated heterocycles. The summed E-state index contributed by atoms with van der Waals surface area (Å²) in [5.74, 6) is 1.20. The van der Waals surface area contributed by atoms with Crippen molar-refractivity contribution in [1.82, 2.24) is 0 Å². The molecule has 1 heterocycles. The fourth-order valence-corrected chi connectivity index (χ4v) is 1.95. The van der Waals surface area contributed by atoms with Crippen LogP contribution in [0.3, 0.4) is 0 Å². The third kappa shape index (κ3) is 2.95. The minimum absolute atomic E-state index is 0.0554. The fraction of sp³-hybridized carbons (Fsp3) is 0.353. The Hall–Kier alpha value is -1.83. The summed E-state index contributed by atoms with van der Waals surface area (Å²) in [4.78, 5) is 12.2. The molecule has 0 spiro atoms. The van der Waals surface area contributed by atoms with Crippen LogP contribution >= 0.6 is 0 Å². The van der Waals surface area contributed by atoms with E-state index in [1.54, 1.807) is 6.07 Å². The Morgan fingerprint density at radius 2 is 1.68 bits per heavy atom. The molecule has 0 fully saturated rings. The van der Waals surface area contributed by atoms with Crippen molar-refractivity contribution in [2.24, 2.45) is 0 Å². The number of ketones is 1. The first-order valence-corrected chi connectivity index (χ1v) is 6.66. The molecular formula is C17H20O2. The van der Waals surface area contributed by atoms with Gasteiger partial charge in [-0.1, -0.05) is 52.0 Å². The van der Waals surface area contributed by atoms with Crippen LogP contribution in [0.2, 0.25) is 0 Å². The average Bonchev–Trinajstić information content (AvgIpc) is 2.86. The van der Waals surface area contributed by atoms with Crippen LogP contribution in [-0.2, 0) is 11.8 Å². The number of furan rings is 1. The second-order valence-electron chi connectivity index (χ2n) is 5.78. The Balaban J connectivity index is 2.25. The SMILES string of the molecule is CCc1ccc(C(=O)c2ccc(C(C)(C)C)cc2)o1. The summed E-state index contributed by atoms with van der Waals surface area (Å²) < 4.78 is 5.50. The van der Waals surface area contributed by atoms with Crippen LogP contribution < -0.4 is 0 Å². The van der Waals surface area contributed by atoms with Gasteiger partial charge in [-0.05, 0) is 23.1 Å². The van der Waals surface area contributed by atoms with Gasteiger partial charge in [0.1, 0.15) is 5.76 Å². The zero-order chi connectivity index (χ0) is 14.0. The summed E-state index contributed by atoms with van der Waals surface area (Å²) in [5, 5.41) is 0. The Kier molecular flexibility index (Phi) is 3.61. The molecule has 0 N–H and O–H groups in total. The van der Waals surface area contributed by atoms with Gasteiger partial charge in [0.15, 0.2) is 5.76 Å². The lowest BCUT2D eigenvalue weighted by Gasteiger charge is -2.18. The molecule has 0 amide bonds. The lowest BCUT2D eigenvalue weighted by atomic mass is 9.86. The minimum Gasteiger partial charge on any atom is -0.458 e. The first-order valence-electron chi connectivity index (χ1n) is 6.66. The Morgan fingerprint density at radius 1 is 1.05 bits per heavy atom. The molecule has 0 aliphatic heterocycles. The van der Waals surface area contributed by atoms with E-state index in [-0.39, 0.29) is 11.2 Å². The van der Waals surface area contributed by atoms with Gasteiger partial charge in [0.25, 0.3) is 0 Å². The highest BCUT2D eigenvalue weighted by atomic mass is 16.3. The highest BCUT2D eigenvalue weighted by Gasteiger charge is 2.16. The molecule has 0 atom stereocenters. The molecule has 1 aromatic carbocycles. The molecule has 2 nitrogen and oxygen atoms in total. The molecule has 0 unspecified atom stereocenters. The first kappa shape index (κ1) is 13.6. The Labute approximate surface area is 114 Å². The highest BCUT2D eigenvalue weighted by Crippen LogP contribution is 2.23. The molecule has 1 aromatic heterocycles. The van der Waals surface area contributed by atoms with E-state index in [1.807, 2.05) is 37.3 Å². The number of aryl methyl sites for hydroxylation is 1. The summed E-state index contributed by atoms with van der Waals surface area (Å²) in [7, 11) is 0. The number of carbonyl (C=O) groups excluding carboxylic acids is 1. The predicted octanol–water partition coefficient (Wildman–Crippen LogP) is 4.37. The van der Waals surface area contributed by atoms with Crippen LogP contribution in [0.4, 0.5) is 0 Å². The molecule has 0 saturated carbocycles. The van der Waals surface area contributed by atoms with Crippen molar-refractivity contribution in [2.45, 2.75) is 39.5 Å². The molecule has 2 aromatic rings. The van der Waals surface area contributed by atoms with Crippen LogP contribution in [-0.4, -0.2) is 5.78 Å². The summed E-state index contributed by atoms with van der Waals surface area (Å²) >= 11 is 0. The molecule has 0 bridgehead atoms. The molecule has 19 heavy (non-hydrogen) atoms. The zero-order valence-electron chi connectivity index (χ0n) is 12.0. The third-order valence-corrected chi connectivity index (χ3v) is 3.25. The number of carbonyl (C=O) groups is 1. The number of hydrogen-bond donors (Lipinski definition) is 0. The van der Waals surface area contributed by atoms with Gasteiger partial charge < -0.3 is 4.42 Å². The molecule has 0 aliphatic carbocycles. The molecule has 0 aliphatic rings. The number of rotatable bonds is 3. The van der Waals surface area contributed by atoms with Crippen molar-refractivity contribution < 1.29 is 9.21 Å². The van der Waals surface area contributed by atoms with Crippen LogP contribution in [0, 0.1) is 0 Å². The second kappa shape index (κ2) is 5.04. The summed E-state index contributed by atoms with van der Waals surface area (Å²) in [6, 6.07) is 11.4. The fourth-order valence-electron chi connectivity index (χ4n) is 1.95. The Bertz CT molecular complexity index is 568. The van der Waals surface area contributed by atoms with Crippen molar-refractivity contribution >= 4 is 5.78 Å². The molecule has 2 rings (SSSR count). The van der Waals surface area contributed by atoms with Gasteiger partial charge in [-0.25, -0.2) is 0 Å². The van der Waals surface area contributed by atoms with E-state index >= 15 is 0 Å². The largest absolute Gasteiger partial charge is 0.458 e. The van der Waals surface area contributed by atoms with Gasteiger partial charge >= 0.3 is 0 Å². The van der Waals surface area contributed by atoms with E-state index in [0.717, 1.165) is 12.2 Å². The molecule has 0 radical (unpaired) electrons. The van der Waals surface area contributed by atoms with Crippen LogP contribution in [0.15, 0.2) is 40.8 Å². The van der Waals surface area contributed by atoms with Crippen LogP contribution in [0.25, 0.3) is 0 Å². The van der Waals surface area contributed by atoms with Gasteiger partial charge in [0.05, 0.1) is 0 Å². The summed E-state index contributed by atoms with van der Waals surface area (Å²) in [5.41, 5.74) is 1.99. The van der Waals surface area contributed by atoms with Crippen molar-refractivity contribution in [3.05, 3.63) is 59.0 Å². The smallest absolute Gasteiger partial charge is 0.228 e. The lowest BCUT2D eigenvalue weighted by molar-refractivity contribution is 0.101. The van der Waals surface area contributed by atoms with Gasteiger partial charge in [0, 0.05) is 12.0 Å². The maximum Gasteiger partial charge on any atom is 0.228 e. The summed E-state index contributed by atoms with van der Waals surface area (Å²) in [6.07, 6.45) is 0.802. The standard InChI is InChI=1S/C17H20O2/c1-5-14-10-11-15(19-14)16(18)12-6-8-13(9-7-12)17(2,3)4/h6-11H,5H2,1-4H3. The van der Waals surface area contributed by atoms with Crippen molar-refractivity contribution in [3.63, 3.8) is 0 Å². The number of hydrogen-bond acceptors (Lipinski definition) is 2. The first-order chi connectivity index (χ1) is 8.91. The maximum atomic E-state index is 12.2. The molecule has 100 valence electrons. The number of benzene rings is 1. The van der Waals surface area contributed by atoms with E-state index in [4.69, 9.17) is 4.42 Å². The van der Waals surface area contributed by atoms with Crippen molar-refractivity contribution in [1.29, 1.82) is 0 Å². The maximum absolute atomic E-state index is 12.2. The van der Waals surface area contributed by atoms with Gasteiger partial charge in [-0.15, -0.1) is 0 Å². The quantitative estimate of drug-likeness (QED) is 0.763. The van der Waals surface area contributed by atoms with E-state index in [2.05, 4.69) is 20.8 Å². The van der Waals surface area contributed by atoms with Gasteiger partial charge in [0.2, 0.25) is 5.78 Å². The molecule has 2 heteroatoms. The predicted molar refractivity (Wildman–Crippen MR) is 76.7 cm³/mol. The second-order valence-corrected chi connectivity index (χ2v) is 5.78. The molecular weight excluding hydrogens is 236 g/mol. The lowest BCUT2D eigenvalue weighted by Crippen LogP contribution is -2.11. The van der Waals surface area contributed by atoms with Gasteiger partial charge in [-0.2, -0.15) is 0 Å². The third-order valence-electron chi connectivity index (χ3n) is 3.25. The van der Waals surface area contributed by atoms with Crippen LogP contribution in [0.1, 0.15) is 55.1 Å². The summed E-state index contributed by atoms with van der Waals surface area (Å²) in [6.45, 7) is 8.48. The van der Waals surface area contributed by atoms with E-state index < -0.39 is 0 Å². The topological polar surface area (TPSA) is 30.2 Å². The monoisotopic (exact) mass is 256 g/mol. The van der Waals surface area contributed by atoms with E-state index in [0.29, 0.717) is 11.3 Å². The Morgan fingerprint density at radius 3 is 2.16 bits per heavy atom.